The van der Waals surface area contributed by atoms with Gasteiger partial charge in [0.2, 0.25) is 0 Å². The van der Waals surface area contributed by atoms with Gasteiger partial charge in [-0.3, -0.25) is 0 Å². The van der Waals surface area contributed by atoms with Crippen LogP contribution in [0.3, 0.4) is 0 Å². The highest BCUT2D eigenvalue weighted by atomic mass is 16.5. The molecule has 4 heteroatoms. The molecule has 116 valence electrons. The second kappa shape index (κ2) is 6.73. The van der Waals surface area contributed by atoms with E-state index in [2.05, 4.69) is 12.4 Å². The zero-order valence-electron chi connectivity index (χ0n) is 12.7. The van der Waals surface area contributed by atoms with Crippen LogP contribution in [0.25, 0.3) is 0 Å². The van der Waals surface area contributed by atoms with E-state index in [1.54, 1.807) is 0 Å². The lowest BCUT2D eigenvalue weighted by atomic mass is 9.85. The van der Waals surface area contributed by atoms with Crippen LogP contribution in [-0.4, -0.2) is 50.7 Å². The molecule has 2 heterocycles. The molecule has 0 radical (unpaired) electrons. The van der Waals surface area contributed by atoms with Crippen LogP contribution in [0.2, 0.25) is 0 Å². The highest BCUT2D eigenvalue weighted by molar-refractivity contribution is 4.90. The quantitative estimate of drug-likeness (QED) is 0.862. The first-order valence-electron chi connectivity index (χ1n) is 8.34. The van der Waals surface area contributed by atoms with Crippen LogP contribution >= 0.6 is 0 Å². The van der Waals surface area contributed by atoms with Gasteiger partial charge in [-0.25, -0.2) is 0 Å². The van der Waals surface area contributed by atoms with Gasteiger partial charge in [0.25, 0.3) is 0 Å². The van der Waals surface area contributed by atoms with Crippen LogP contribution in [0, 0.1) is 0 Å². The lowest BCUT2D eigenvalue weighted by molar-refractivity contribution is -0.180. The predicted molar refractivity (Wildman–Crippen MR) is 77.9 cm³/mol. The SMILES string of the molecule is CNC1CCC(OC2CCOC3(CCOCC3)C2)CC1. The fraction of sp³-hybridized carbons (Fsp3) is 1.00. The van der Waals surface area contributed by atoms with E-state index < -0.39 is 0 Å². The van der Waals surface area contributed by atoms with Gasteiger partial charge in [0.05, 0.1) is 17.8 Å². The third kappa shape index (κ3) is 3.53. The van der Waals surface area contributed by atoms with Crippen molar-refractivity contribution < 1.29 is 14.2 Å². The minimum Gasteiger partial charge on any atom is -0.381 e. The fourth-order valence-electron chi connectivity index (χ4n) is 3.95. The molecule has 1 spiro atoms. The summed E-state index contributed by atoms with van der Waals surface area (Å²) >= 11 is 0. The summed E-state index contributed by atoms with van der Waals surface area (Å²) in [5, 5.41) is 3.39. The molecular formula is C16H29NO3. The van der Waals surface area contributed by atoms with Gasteiger partial charge in [-0.15, -0.1) is 0 Å². The molecule has 0 aromatic heterocycles. The third-order valence-electron chi connectivity index (χ3n) is 5.32. The Bertz CT molecular complexity index is 291. The number of hydrogen-bond donors (Lipinski definition) is 1. The molecule has 0 amide bonds. The Kier molecular flexibility index (Phi) is 4.97. The summed E-state index contributed by atoms with van der Waals surface area (Å²) in [6, 6.07) is 0.700. The van der Waals surface area contributed by atoms with Gasteiger partial charge >= 0.3 is 0 Å². The van der Waals surface area contributed by atoms with E-state index >= 15 is 0 Å². The Morgan fingerprint density at radius 2 is 1.70 bits per heavy atom. The van der Waals surface area contributed by atoms with E-state index in [4.69, 9.17) is 14.2 Å². The summed E-state index contributed by atoms with van der Waals surface area (Å²) < 4.78 is 18.0. The Morgan fingerprint density at radius 3 is 2.40 bits per heavy atom. The van der Waals surface area contributed by atoms with Gasteiger partial charge in [0.15, 0.2) is 0 Å². The molecule has 0 bridgehead atoms. The molecule has 1 atom stereocenters. The minimum absolute atomic E-state index is 0.0589. The summed E-state index contributed by atoms with van der Waals surface area (Å²) in [5.41, 5.74) is 0.0589. The first-order chi connectivity index (χ1) is 9.80. The van der Waals surface area contributed by atoms with Gasteiger partial charge in [-0.05, 0) is 52.0 Å². The molecule has 4 nitrogen and oxygen atoms in total. The maximum Gasteiger partial charge on any atom is 0.0751 e. The predicted octanol–water partition coefficient (Wildman–Crippen LogP) is 2.26. The van der Waals surface area contributed by atoms with Crippen molar-refractivity contribution in [3.63, 3.8) is 0 Å². The Hall–Kier alpha value is -0.160. The van der Waals surface area contributed by atoms with Crippen molar-refractivity contribution in [3.05, 3.63) is 0 Å². The first-order valence-corrected chi connectivity index (χ1v) is 8.34. The molecule has 3 fully saturated rings. The van der Waals surface area contributed by atoms with Crippen LogP contribution in [0.15, 0.2) is 0 Å². The fourth-order valence-corrected chi connectivity index (χ4v) is 3.95. The Balaban J connectivity index is 1.48. The minimum atomic E-state index is 0.0589. The van der Waals surface area contributed by atoms with Crippen molar-refractivity contribution in [3.8, 4) is 0 Å². The third-order valence-corrected chi connectivity index (χ3v) is 5.32. The van der Waals surface area contributed by atoms with Crippen molar-refractivity contribution in [2.75, 3.05) is 26.9 Å². The molecule has 20 heavy (non-hydrogen) atoms. The number of ether oxygens (including phenoxy) is 3. The average Bonchev–Trinajstić information content (AvgIpc) is 2.49. The van der Waals surface area contributed by atoms with Gasteiger partial charge in [-0.1, -0.05) is 0 Å². The van der Waals surface area contributed by atoms with Crippen LogP contribution < -0.4 is 5.32 Å². The molecule has 0 aromatic carbocycles. The topological polar surface area (TPSA) is 39.7 Å². The van der Waals surface area contributed by atoms with Gasteiger partial charge < -0.3 is 19.5 Å². The van der Waals surface area contributed by atoms with E-state index in [1.807, 2.05) is 0 Å². The van der Waals surface area contributed by atoms with Gasteiger partial charge in [0, 0.05) is 32.3 Å². The van der Waals surface area contributed by atoms with E-state index in [1.165, 1.54) is 25.7 Å². The van der Waals surface area contributed by atoms with Crippen molar-refractivity contribution in [2.24, 2.45) is 0 Å². The Labute approximate surface area is 122 Å². The van der Waals surface area contributed by atoms with Crippen LogP contribution in [0.1, 0.15) is 51.4 Å². The van der Waals surface area contributed by atoms with Crippen molar-refractivity contribution in [2.45, 2.75) is 75.2 Å². The first kappa shape index (κ1) is 14.8. The molecule has 1 aliphatic carbocycles. The Morgan fingerprint density at radius 1 is 0.950 bits per heavy atom. The molecule has 2 saturated heterocycles. The smallest absolute Gasteiger partial charge is 0.0751 e. The highest BCUT2D eigenvalue weighted by Gasteiger charge is 2.40. The molecule has 3 rings (SSSR count). The molecule has 3 aliphatic rings. The summed E-state index contributed by atoms with van der Waals surface area (Å²) in [4.78, 5) is 0. The zero-order chi connectivity index (χ0) is 13.8. The summed E-state index contributed by atoms with van der Waals surface area (Å²) in [5.74, 6) is 0. The molecule has 1 N–H and O–H groups in total. The molecule has 2 aliphatic heterocycles. The molecule has 0 aromatic rings. The average molecular weight is 283 g/mol. The van der Waals surface area contributed by atoms with Gasteiger partial charge in [-0.2, -0.15) is 0 Å². The van der Waals surface area contributed by atoms with E-state index in [0.717, 1.165) is 45.5 Å². The van der Waals surface area contributed by atoms with Crippen LogP contribution in [-0.2, 0) is 14.2 Å². The van der Waals surface area contributed by atoms with E-state index in [-0.39, 0.29) is 5.60 Å². The number of nitrogens with one attached hydrogen (secondary N) is 1. The highest BCUT2D eigenvalue weighted by Crippen LogP contribution is 2.36. The second-order valence-corrected chi connectivity index (χ2v) is 6.66. The monoisotopic (exact) mass is 283 g/mol. The summed E-state index contributed by atoms with van der Waals surface area (Å²) in [7, 11) is 2.07. The van der Waals surface area contributed by atoms with E-state index in [9.17, 15) is 0 Å². The lowest BCUT2D eigenvalue weighted by Gasteiger charge is -2.44. The molecule has 1 unspecified atom stereocenters. The van der Waals surface area contributed by atoms with Crippen molar-refractivity contribution in [1.29, 1.82) is 0 Å². The maximum atomic E-state index is 6.40. The zero-order valence-corrected chi connectivity index (χ0v) is 12.7. The van der Waals surface area contributed by atoms with Crippen molar-refractivity contribution in [1.82, 2.24) is 5.32 Å². The summed E-state index contributed by atoms with van der Waals surface area (Å²) in [6.45, 7) is 2.55. The maximum absolute atomic E-state index is 6.40. The van der Waals surface area contributed by atoms with Gasteiger partial charge in [0.1, 0.15) is 0 Å². The number of rotatable bonds is 3. The lowest BCUT2D eigenvalue weighted by Crippen LogP contribution is -2.47. The van der Waals surface area contributed by atoms with Crippen LogP contribution in [0.5, 0.6) is 0 Å². The van der Waals surface area contributed by atoms with Crippen LogP contribution in [0.4, 0.5) is 0 Å². The largest absolute Gasteiger partial charge is 0.381 e. The summed E-state index contributed by atoms with van der Waals surface area (Å²) in [6.07, 6.45) is 10.0. The number of hydrogen-bond acceptors (Lipinski definition) is 4. The molecule has 1 saturated carbocycles. The van der Waals surface area contributed by atoms with Crippen molar-refractivity contribution >= 4 is 0 Å². The molecular weight excluding hydrogens is 254 g/mol. The second-order valence-electron chi connectivity index (χ2n) is 6.66. The normalized spacial score (nSPS) is 38.0. The standard InChI is InChI=1S/C16H29NO3/c1-17-13-2-4-14(5-3-13)20-15-6-9-19-16(12-15)7-10-18-11-8-16/h13-15,17H,2-12H2,1H3. The van der Waals surface area contributed by atoms with E-state index in [0.29, 0.717) is 18.2 Å².